The Morgan fingerprint density at radius 3 is 3.00 bits per heavy atom. The van der Waals surface area contributed by atoms with E-state index in [9.17, 15) is 4.79 Å². The van der Waals surface area contributed by atoms with E-state index in [1.54, 1.807) is 0 Å². The van der Waals surface area contributed by atoms with Crippen molar-refractivity contribution in [1.29, 1.82) is 0 Å². The molecule has 0 saturated heterocycles. The minimum Gasteiger partial charge on any atom is -0.463 e. The Kier molecular flexibility index (Phi) is 4.42. The van der Waals surface area contributed by atoms with Gasteiger partial charge in [0.25, 0.3) is 5.91 Å². The maximum absolute atomic E-state index is 12.0. The normalized spacial score (nSPS) is 12.6. The molecule has 1 N–H and O–H groups in total. The van der Waals surface area contributed by atoms with Crippen molar-refractivity contribution in [2.75, 3.05) is 6.54 Å². The van der Waals surface area contributed by atoms with E-state index in [0.29, 0.717) is 16.9 Å². The average molecular weight is 310 g/mol. The first-order valence-electron chi connectivity index (χ1n) is 6.07. The van der Waals surface area contributed by atoms with Crippen molar-refractivity contribution in [2.24, 2.45) is 0 Å². The van der Waals surface area contributed by atoms with Crippen LogP contribution in [0.1, 0.15) is 30.1 Å². The number of benzene rings is 1. The number of carbonyl (C=O) groups excluding carboxylic acids is 1. The summed E-state index contributed by atoms with van der Waals surface area (Å²) in [6, 6.07) is 7.55. The maximum atomic E-state index is 12.0. The zero-order chi connectivity index (χ0) is 13.0. The van der Waals surface area contributed by atoms with Gasteiger partial charge < -0.3 is 9.73 Å². The largest absolute Gasteiger partial charge is 0.463 e. The van der Waals surface area contributed by atoms with E-state index < -0.39 is 0 Å². The van der Waals surface area contributed by atoms with Gasteiger partial charge in [-0.15, -0.1) is 0 Å². The molecule has 0 aliphatic heterocycles. The quantitative estimate of drug-likeness (QED) is 0.675. The number of hydrogen-bond donors (Lipinski definition) is 1. The summed E-state index contributed by atoms with van der Waals surface area (Å²) in [4.78, 5) is 12.5. The highest BCUT2D eigenvalue weighted by molar-refractivity contribution is 9.09. The van der Waals surface area contributed by atoms with Gasteiger partial charge in [0.2, 0.25) is 0 Å². The van der Waals surface area contributed by atoms with E-state index in [1.165, 1.54) is 6.26 Å². The zero-order valence-corrected chi connectivity index (χ0v) is 11.9. The van der Waals surface area contributed by atoms with Gasteiger partial charge in [-0.3, -0.25) is 4.79 Å². The molecule has 1 aromatic carbocycles. The van der Waals surface area contributed by atoms with E-state index in [-0.39, 0.29) is 5.91 Å². The number of furan rings is 1. The van der Waals surface area contributed by atoms with Gasteiger partial charge in [0.15, 0.2) is 0 Å². The van der Waals surface area contributed by atoms with Crippen LogP contribution < -0.4 is 5.32 Å². The molecular formula is C14H16BrNO2. The van der Waals surface area contributed by atoms with Crippen LogP contribution >= 0.6 is 15.9 Å². The summed E-state index contributed by atoms with van der Waals surface area (Å²) in [6.45, 7) is 2.79. The Labute approximate surface area is 115 Å². The molecule has 0 fully saturated rings. The molecule has 2 aromatic rings. The minimum absolute atomic E-state index is 0.0674. The van der Waals surface area contributed by atoms with Crippen molar-refractivity contribution in [3.63, 3.8) is 0 Å². The predicted molar refractivity (Wildman–Crippen MR) is 76.2 cm³/mol. The lowest BCUT2D eigenvalue weighted by atomic mass is 10.1. The first-order chi connectivity index (χ1) is 8.68. The molecule has 3 nitrogen and oxygen atoms in total. The Bertz CT molecular complexity index is 533. The number of rotatable bonds is 5. The van der Waals surface area contributed by atoms with Crippen molar-refractivity contribution < 1.29 is 9.21 Å². The number of alkyl halides is 1. The SMILES string of the molecule is CC(Br)CCCNC(=O)c1coc2ccccc12. The summed E-state index contributed by atoms with van der Waals surface area (Å²) in [7, 11) is 0. The van der Waals surface area contributed by atoms with E-state index in [2.05, 4.69) is 28.2 Å². The molecule has 0 radical (unpaired) electrons. The van der Waals surface area contributed by atoms with E-state index in [1.807, 2.05) is 24.3 Å². The molecule has 1 heterocycles. The maximum Gasteiger partial charge on any atom is 0.255 e. The molecular weight excluding hydrogens is 294 g/mol. The number of fused-ring (bicyclic) bond motifs is 1. The first-order valence-corrected chi connectivity index (χ1v) is 6.98. The van der Waals surface area contributed by atoms with Gasteiger partial charge >= 0.3 is 0 Å². The number of amides is 1. The molecule has 1 atom stereocenters. The van der Waals surface area contributed by atoms with Crippen molar-refractivity contribution in [2.45, 2.75) is 24.6 Å². The fourth-order valence-electron chi connectivity index (χ4n) is 1.83. The van der Waals surface area contributed by atoms with Crippen LogP contribution in [0.4, 0.5) is 0 Å². The van der Waals surface area contributed by atoms with E-state index >= 15 is 0 Å². The molecule has 2 rings (SSSR count). The van der Waals surface area contributed by atoms with Crippen LogP contribution in [0.15, 0.2) is 34.9 Å². The molecule has 0 aliphatic rings. The van der Waals surface area contributed by atoms with Crippen molar-refractivity contribution in [3.8, 4) is 0 Å². The Morgan fingerprint density at radius 1 is 1.44 bits per heavy atom. The summed E-state index contributed by atoms with van der Waals surface area (Å²) in [5.41, 5.74) is 1.36. The number of nitrogens with one attached hydrogen (secondary N) is 1. The second-order valence-electron chi connectivity index (χ2n) is 4.32. The Hall–Kier alpha value is -1.29. The van der Waals surface area contributed by atoms with Crippen molar-refractivity contribution >= 4 is 32.8 Å². The molecule has 96 valence electrons. The van der Waals surface area contributed by atoms with Crippen molar-refractivity contribution in [3.05, 3.63) is 36.1 Å². The highest BCUT2D eigenvalue weighted by atomic mass is 79.9. The fraction of sp³-hybridized carbons (Fsp3) is 0.357. The first kappa shape index (κ1) is 13.1. The van der Waals surface area contributed by atoms with Gasteiger partial charge in [-0.1, -0.05) is 41.1 Å². The Morgan fingerprint density at radius 2 is 2.22 bits per heavy atom. The molecule has 1 aromatic heterocycles. The number of hydrogen-bond acceptors (Lipinski definition) is 2. The summed E-state index contributed by atoms with van der Waals surface area (Å²) in [5.74, 6) is -0.0674. The number of halogens is 1. The molecule has 0 aliphatic carbocycles. The molecule has 4 heteroatoms. The van der Waals surface area contributed by atoms with Crippen LogP contribution in [0.2, 0.25) is 0 Å². The van der Waals surface area contributed by atoms with Crippen LogP contribution in [0.5, 0.6) is 0 Å². The summed E-state index contributed by atoms with van der Waals surface area (Å²) >= 11 is 3.49. The number of para-hydroxylation sites is 1. The second-order valence-corrected chi connectivity index (χ2v) is 5.89. The summed E-state index contributed by atoms with van der Waals surface area (Å²) in [5, 5.41) is 3.78. The zero-order valence-electron chi connectivity index (χ0n) is 10.3. The van der Waals surface area contributed by atoms with Gasteiger partial charge in [-0.2, -0.15) is 0 Å². The van der Waals surface area contributed by atoms with E-state index in [4.69, 9.17) is 4.42 Å². The average Bonchev–Trinajstić information content (AvgIpc) is 2.78. The lowest BCUT2D eigenvalue weighted by Gasteiger charge is -2.05. The van der Waals surface area contributed by atoms with Gasteiger partial charge in [0.05, 0.1) is 5.56 Å². The molecule has 0 bridgehead atoms. The van der Waals surface area contributed by atoms with Crippen LogP contribution in [0.25, 0.3) is 11.0 Å². The standard InChI is InChI=1S/C14H16BrNO2/c1-10(15)5-4-8-16-14(17)12-9-18-13-7-3-2-6-11(12)13/h2-3,6-7,9-10H,4-5,8H2,1H3,(H,16,17). The topological polar surface area (TPSA) is 42.2 Å². The summed E-state index contributed by atoms with van der Waals surface area (Å²) in [6.07, 6.45) is 3.54. The van der Waals surface area contributed by atoms with Crippen LogP contribution in [-0.4, -0.2) is 17.3 Å². The van der Waals surface area contributed by atoms with Gasteiger partial charge in [0.1, 0.15) is 11.8 Å². The fourth-order valence-corrected chi connectivity index (χ4v) is 2.16. The molecule has 0 spiro atoms. The highest BCUT2D eigenvalue weighted by Gasteiger charge is 2.12. The highest BCUT2D eigenvalue weighted by Crippen LogP contribution is 2.20. The molecule has 1 amide bonds. The second kappa shape index (κ2) is 6.05. The van der Waals surface area contributed by atoms with Crippen molar-refractivity contribution in [1.82, 2.24) is 5.32 Å². The third-order valence-corrected chi connectivity index (χ3v) is 3.25. The summed E-state index contributed by atoms with van der Waals surface area (Å²) < 4.78 is 5.35. The lowest BCUT2D eigenvalue weighted by molar-refractivity contribution is 0.0954. The third-order valence-electron chi connectivity index (χ3n) is 2.79. The lowest BCUT2D eigenvalue weighted by Crippen LogP contribution is -2.24. The minimum atomic E-state index is -0.0674. The smallest absolute Gasteiger partial charge is 0.255 e. The Balaban J connectivity index is 1.97. The predicted octanol–water partition coefficient (Wildman–Crippen LogP) is 3.73. The molecule has 1 unspecified atom stereocenters. The molecule has 18 heavy (non-hydrogen) atoms. The van der Waals surface area contributed by atoms with Gasteiger partial charge in [-0.25, -0.2) is 0 Å². The van der Waals surface area contributed by atoms with Gasteiger partial charge in [-0.05, 0) is 18.9 Å². The van der Waals surface area contributed by atoms with Gasteiger partial charge in [0, 0.05) is 16.8 Å². The van der Waals surface area contributed by atoms with Crippen LogP contribution in [0.3, 0.4) is 0 Å². The third kappa shape index (κ3) is 3.13. The van der Waals surface area contributed by atoms with E-state index in [0.717, 1.165) is 23.8 Å². The monoisotopic (exact) mass is 309 g/mol. The van der Waals surface area contributed by atoms with Crippen LogP contribution in [-0.2, 0) is 0 Å². The number of carbonyl (C=O) groups is 1. The molecule has 0 saturated carbocycles. The van der Waals surface area contributed by atoms with Crippen LogP contribution in [0, 0.1) is 0 Å².